The highest BCUT2D eigenvalue weighted by Gasteiger charge is 2.27. The lowest BCUT2D eigenvalue weighted by Gasteiger charge is -2.33. The van der Waals surface area contributed by atoms with E-state index in [1.165, 1.54) is 11.3 Å². The Labute approximate surface area is 193 Å². The van der Waals surface area contributed by atoms with Gasteiger partial charge in [0, 0.05) is 24.3 Å². The van der Waals surface area contributed by atoms with E-state index in [4.69, 9.17) is 9.47 Å². The van der Waals surface area contributed by atoms with Gasteiger partial charge in [-0.1, -0.05) is 42.5 Å². The number of aliphatic hydroxyl groups excluding tert-OH is 1. The molecule has 6 nitrogen and oxygen atoms in total. The number of aliphatic hydroxyl groups is 1. The number of nitrogens with zero attached hydrogens (tertiary/aromatic N) is 1. The SMILES string of the molecule is CC(C)OC(=O)c1ccc(CCCN2C(=O)OCC[C@@H]2/C=C/[C@@H](O)Cc2ccccc2)s1. The molecule has 3 rings (SSSR count). The lowest BCUT2D eigenvalue weighted by molar-refractivity contribution is 0.0383. The van der Waals surface area contributed by atoms with Crippen LogP contribution < -0.4 is 0 Å². The lowest BCUT2D eigenvalue weighted by Crippen LogP contribution is -2.45. The number of cyclic esters (lactones) is 1. The molecule has 1 N–H and O–H groups in total. The third-order valence-electron chi connectivity index (χ3n) is 5.14. The standard InChI is InChI=1S/C25H31NO5S/c1-18(2)31-24(28)23-13-12-22(32-23)9-6-15-26-20(14-16-30-25(26)29)10-11-21(27)17-19-7-4-3-5-8-19/h3-5,7-8,10-13,18,20-21,27H,6,9,14-17H2,1-2H3/b11-10+/t20-,21+/m0/s1. The first-order chi connectivity index (χ1) is 15.4. The van der Waals surface area contributed by atoms with Crippen LogP contribution in [0.25, 0.3) is 0 Å². The molecule has 32 heavy (non-hydrogen) atoms. The minimum Gasteiger partial charge on any atom is -0.459 e. The largest absolute Gasteiger partial charge is 0.459 e. The van der Waals surface area contributed by atoms with Gasteiger partial charge in [-0.2, -0.15) is 0 Å². The fourth-order valence-electron chi connectivity index (χ4n) is 3.60. The zero-order valence-corrected chi connectivity index (χ0v) is 19.4. The molecule has 0 bridgehead atoms. The molecular formula is C25H31NO5S. The normalized spacial score (nSPS) is 17.6. The van der Waals surface area contributed by atoms with Crippen LogP contribution in [0, 0.1) is 0 Å². The number of thiophene rings is 1. The van der Waals surface area contributed by atoms with Crippen molar-refractivity contribution in [2.75, 3.05) is 13.2 Å². The van der Waals surface area contributed by atoms with E-state index in [-0.39, 0.29) is 24.2 Å². The zero-order valence-electron chi connectivity index (χ0n) is 18.6. The number of amides is 1. The van der Waals surface area contributed by atoms with Gasteiger partial charge in [-0.15, -0.1) is 11.3 Å². The summed E-state index contributed by atoms with van der Waals surface area (Å²) in [5, 5.41) is 10.4. The van der Waals surface area contributed by atoms with Crippen molar-refractivity contribution >= 4 is 23.4 Å². The van der Waals surface area contributed by atoms with Gasteiger partial charge in [0.1, 0.15) is 4.88 Å². The van der Waals surface area contributed by atoms with Crippen LogP contribution in [0.3, 0.4) is 0 Å². The third kappa shape index (κ3) is 7.21. The summed E-state index contributed by atoms with van der Waals surface area (Å²) in [5.41, 5.74) is 1.07. The van der Waals surface area contributed by atoms with Crippen LogP contribution in [-0.2, 0) is 22.3 Å². The van der Waals surface area contributed by atoms with Gasteiger partial charge in [0.15, 0.2) is 0 Å². The van der Waals surface area contributed by atoms with Crippen molar-refractivity contribution in [3.8, 4) is 0 Å². The molecule has 172 valence electrons. The summed E-state index contributed by atoms with van der Waals surface area (Å²) in [6.45, 7) is 4.59. The molecule has 2 atom stereocenters. The maximum atomic E-state index is 12.3. The maximum Gasteiger partial charge on any atom is 0.410 e. The molecule has 1 saturated heterocycles. The Morgan fingerprint density at radius 2 is 2.06 bits per heavy atom. The van der Waals surface area contributed by atoms with E-state index in [1.807, 2.05) is 56.3 Å². The van der Waals surface area contributed by atoms with Crippen LogP contribution >= 0.6 is 11.3 Å². The van der Waals surface area contributed by atoms with Crippen molar-refractivity contribution in [1.82, 2.24) is 4.90 Å². The number of ether oxygens (including phenoxy) is 2. The van der Waals surface area contributed by atoms with E-state index < -0.39 is 6.10 Å². The monoisotopic (exact) mass is 457 g/mol. The summed E-state index contributed by atoms with van der Waals surface area (Å²) in [7, 11) is 0. The van der Waals surface area contributed by atoms with Gasteiger partial charge in [0.2, 0.25) is 0 Å². The summed E-state index contributed by atoms with van der Waals surface area (Å²) >= 11 is 1.43. The predicted octanol–water partition coefficient (Wildman–Crippen LogP) is 4.62. The Morgan fingerprint density at radius 3 is 2.81 bits per heavy atom. The molecule has 1 amide bonds. The molecule has 7 heteroatoms. The number of hydrogen-bond acceptors (Lipinski definition) is 6. The fourth-order valence-corrected chi connectivity index (χ4v) is 4.53. The summed E-state index contributed by atoms with van der Waals surface area (Å²) in [6, 6.07) is 13.5. The highest BCUT2D eigenvalue weighted by molar-refractivity contribution is 7.13. The summed E-state index contributed by atoms with van der Waals surface area (Å²) < 4.78 is 10.5. The Balaban J connectivity index is 1.51. The van der Waals surface area contributed by atoms with Gasteiger partial charge in [0.25, 0.3) is 0 Å². The lowest BCUT2D eigenvalue weighted by atomic mass is 10.1. The Kier molecular flexibility index (Phi) is 8.88. The second-order valence-electron chi connectivity index (χ2n) is 8.13. The number of aryl methyl sites for hydroxylation is 1. The Morgan fingerprint density at radius 1 is 1.28 bits per heavy atom. The van der Waals surface area contributed by atoms with Crippen molar-refractivity contribution in [2.45, 2.75) is 57.8 Å². The third-order valence-corrected chi connectivity index (χ3v) is 6.27. The molecule has 1 aliphatic rings. The van der Waals surface area contributed by atoms with Crippen molar-refractivity contribution < 1.29 is 24.2 Å². The van der Waals surface area contributed by atoms with E-state index in [0.717, 1.165) is 23.3 Å². The number of benzene rings is 1. The molecule has 1 aromatic carbocycles. The summed E-state index contributed by atoms with van der Waals surface area (Å²) in [6.07, 6.45) is 5.37. The van der Waals surface area contributed by atoms with Gasteiger partial charge in [-0.3, -0.25) is 0 Å². The zero-order chi connectivity index (χ0) is 22.9. The quantitative estimate of drug-likeness (QED) is 0.416. The molecule has 1 fully saturated rings. The van der Waals surface area contributed by atoms with E-state index in [9.17, 15) is 14.7 Å². The van der Waals surface area contributed by atoms with Gasteiger partial charge < -0.3 is 19.5 Å². The molecule has 0 radical (unpaired) electrons. The summed E-state index contributed by atoms with van der Waals surface area (Å²) in [4.78, 5) is 27.7. The minimum atomic E-state index is -0.604. The van der Waals surface area contributed by atoms with Crippen LogP contribution in [0.2, 0.25) is 0 Å². The second kappa shape index (κ2) is 11.8. The minimum absolute atomic E-state index is 0.0958. The van der Waals surface area contributed by atoms with Gasteiger partial charge in [0.05, 0.1) is 24.9 Å². The molecular weight excluding hydrogens is 426 g/mol. The first-order valence-electron chi connectivity index (χ1n) is 11.1. The smallest absolute Gasteiger partial charge is 0.410 e. The van der Waals surface area contributed by atoms with Crippen molar-refractivity contribution in [3.63, 3.8) is 0 Å². The molecule has 0 aliphatic carbocycles. The molecule has 1 aromatic heterocycles. The van der Waals surface area contributed by atoms with E-state index in [2.05, 4.69) is 0 Å². The van der Waals surface area contributed by atoms with Gasteiger partial charge in [-0.05, 0) is 44.4 Å². The molecule has 2 aromatic rings. The molecule has 2 heterocycles. The number of hydrogen-bond donors (Lipinski definition) is 1. The maximum absolute atomic E-state index is 12.3. The van der Waals surface area contributed by atoms with E-state index >= 15 is 0 Å². The van der Waals surface area contributed by atoms with Crippen molar-refractivity contribution in [2.24, 2.45) is 0 Å². The fraction of sp³-hybridized carbons (Fsp3) is 0.440. The second-order valence-corrected chi connectivity index (χ2v) is 9.30. The molecule has 0 saturated carbocycles. The average molecular weight is 458 g/mol. The topological polar surface area (TPSA) is 76.1 Å². The predicted molar refractivity (Wildman–Crippen MR) is 125 cm³/mol. The number of esters is 1. The van der Waals surface area contributed by atoms with Crippen molar-refractivity contribution in [3.05, 3.63) is 69.9 Å². The van der Waals surface area contributed by atoms with Crippen LogP contribution in [0.5, 0.6) is 0 Å². The van der Waals surface area contributed by atoms with Crippen LogP contribution in [0.15, 0.2) is 54.6 Å². The van der Waals surface area contributed by atoms with Gasteiger partial charge >= 0.3 is 12.1 Å². The first kappa shape index (κ1) is 24.0. The number of carbonyl (C=O) groups is 2. The van der Waals surface area contributed by atoms with E-state index in [0.29, 0.717) is 30.9 Å². The van der Waals surface area contributed by atoms with Crippen LogP contribution in [-0.4, -0.2) is 53.5 Å². The van der Waals surface area contributed by atoms with Gasteiger partial charge in [-0.25, -0.2) is 9.59 Å². The Bertz CT molecular complexity index is 908. The van der Waals surface area contributed by atoms with Crippen molar-refractivity contribution in [1.29, 1.82) is 0 Å². The van der Waals surface area contributed by atoms with Crippen LogP contribution in [0.4, 0.5) is 4.79 Å². The first-order valence-corrected chi connectivity index (χ1v) is 11.9. The van der Waals surface area contributed by atoms with E-state index in [1.54, 1.807) is 17.0 Å². The average Bonchev–Trinajstić information content (AvgIpc) is 3.23. The Hall–Kier alpha value is -2.64. The highest BCUT2D eigenvalue weighted by atomic mass is 32.1. The number of rotatable bonds is 10. The summed E-state index contributed by atoms with van der Waals surface area (Å²) in [5.74, 6) is -0.296. The number of carbonyl (C=O) groups excluding carboxylic acids is 2. The molecule has 0 spiro atoms. The van der Waals surface area contributed by atoms with Crippen LogP contribution in [0.1, 0.15) is 46.8 Å². The molecule has 1 aliphatic heterocycles. The highest BCUT2D eigenvalue weighted by Crippen LogP contribution is 2.21. The molecule has 0 unspecified atom stereocenters.